The number of ether oxygens (including phenoxy) is 1. The fourth-order valence-corrected chi connectivity index (χ4v) is 2.02. The second kappa shape index (κ2) is 6.38. The fraction of sp³-hybridized carbons (Fsp3) is 0.235. The molecule has 1 N–H and O–H groups in total. The molecule has 0 heterocycles. The minimum absolute atomic E-state index is 0.00449. The second-order valence-electron chi connectivity index (χ2n) is 4.92. The largest absolute Gasteiger partial charge is 0.488 e. The zero-order valence-electron chi connectivity index (χ0n) is 11.9. The predicted octanol–water partition coefficient (Wildman–Crippen LogP) is 3.64. The molecular formula is C17H16FNO2. The number of aliphatic hydroxyl groups is 1. The molecular weight excluding hydrogens is 269 g/mol. The average molecular weight is 285 g/mol. The molecule has 0 spiro atoms. The summed E-state index contributed by atoms with van der Waals surface area (Å²) in [6.07, 6.45) is -0.670. The van der Waals surface area contributed by atoms with E-state index in [0.717, 1.165) is 5.56 Å². The Balaban J connectivity index is 2.24. The van der Waals surface area contributed by atoms with Crippen LogP contribution in [-0.4, -0.2) is 5.11 Å². The van der Waals surface area contributed by atoms with Crippen LogP contribution in [0.4, 0.5) is 4.39 Å². The number of nitrogens with zero attached hydrogens (tertiary/aromatic N) is 1. The first kappa shape index (κ1) is 15.0. The van der Waals surface area contributed by atoms with Crippen molar-refractivity contribution in [2.45, 2.75) is 26.6 Å². The van der Waals surface area contributed by atoms with Crippen LogP contribution in [-0.2, 0) is 6.61 Å². The van der Waals surface area contributed by atoms with Gasteiger partial charge in [0.2, 0.25) is 0 Å². The van der Waals surface area contributed by atoms with E-state index in [1.54, 1.807) is 19.1 Å². The first-order chi connectivity index (χ1) is 10.0. The molecule has 1 atom stereocenters. The first-order valence-electron chi connectivity index (χ1n) is 6.61. The maximum Gasteiger partial charge on any atom is 0.129 e. The van der Waals surface area contributed by atoms with Gasteiger partial charge in [-0.2, -0.15) is 5.26 Å². The Labute approximate surface area is 123 Å². The number of rotatable bonds is 4. The molecule has 0 saturated carbocycles. The van der Waals surface area contributed by atoms with Crippen LogP contribution in [0.25, 0.3) is 0 Å². The van der Waals surface area contributed by atoms with Gasteiger partial charge in [-0.15, -0.1) is 0 Å². The number of benzene rings is 2. The molecule has 0 aliphatic rings. The number of aliphatic hydroxyl groups excluding tert-OH is 1. The zero-order valence-corrected chi connectivity index (χ0v) is 11.9. The predicted molar refractivity (Wildman–Crippen MR) is 77.3 cm³/mol. The van der Waals surface area contributed by atoms with Gasteiger partial charge in [0.1, 0.15) is 18.2 Å². The normalized spacial score (nSPS) is 11.8. The SMILES string of the molecule is Cc1ccc([C@H](C)O)c(OCc2cc(C#N)ccc2F)c1. The maximum absolute atomic E-state index is 13.7. The Bertz CT molecular complexity index is 690. The van der Waals surface area contributed by atoms with Gasteiger partial charge in [0.15, 0.2) is 0 Å². The monoisotopic (exact) mass is 285 g/mol. The summed E-state index contributed by atoms with van der Waals surface area (Å²) in [5, 5.41) is 18.6. The van der Waals surface area contributed by atoms with Crippen LogP contribution in [0.5, 0.6) is 5.75 Å². The van der Waals surface area contributed by atoms with Crippen LogP contribution in [0.15, 0.2) is 36.4 Å². The summed E-state index contributed by atoms with van der Waals surface area (Å²) in [7, 11) is 0. The van der Waals surface area contributed by atoms with E-state index in [4.69, 9.17) is 10.00 Å². The molecule has 0 fully saturated rings. The lowest BCUT2D eigenvalue weighted by atomic mass is 10.1. The van der Waals surface area contributed by atoms with E-state index >= 15 is 0 Å². The molecule has 0 aliphatic carbocycles. The van der Waals surface area contributed by atoms with Gasteiger partial charge < -0.3 is 9.84 Å². The van der Waals surface area contributed by atoms with Crippen molar-refractivity contribution in [2.24, 2.45) is 0 Å². The molecule has 108 valence electrons. The van der Waals surface area contributed by atoms with Crippen LogP contribution in [0.3, 0.4) is 0 Å². The number of hydrogen-bond acceptors (Lipinski definition) is 3. The lowest BCUT2D eigenvalue weighted by Gasteiger charge is -2.14. The standard InChI is InChI=1S/C17H16FNO2/c1-11-3-5-15(12(2)20)17(7-11)21-10-14-8-13(9-19)4-6-16(14)18/h3-8,12,20H,10H2,1-2H3/t12-/m0/s1. The molecule has 4 heteroatoms. The van der Waals surface area contributed by atoms with E-state index in [1.807, 2.05) is 19.1 Å². The summed E-state index contributed by atoms with van der Waals surface area (Å²) >= 11 is 0. The van der Waals surface area contributed by atoms with E-state index in [1.165, 1.54) is 18.2 Å². The Morgan fingerprint density at radius 1 is 1.29 bits per heavy atom. The fourth-order valence-electron chi connectivity index (χ4n) is 2.02. The molecule has 0 aromatic heterocycles. The molecule has 21 heavy (non-hydrogen) atoms. The molecule has 2 aromatic carbocycles. The third kappa shape index (κ3) is 3.59. The Hall–Kier alpha value is -2.38. The van der Waals surface area contributed by atoms with Gasteiger partial charge in [-0.1, -0.05) is 12.1 Å². The van der Waals surface area contributed by atoms with Crippen molar-refractivity contribution in [3.05, 3.63) is 64.5 Å². The zero-order chi connectivity index (χ0) is 15.4. The summed E-state index contributed by atoms with van der Waals surface area (Å²) in [6, 6.07) is 11.6. The van der Waals surface area contributed by atoms with Crippen molar-refractivity contribution in [3.8, 4) is 11.8 Å². The van der Waals surface area contributed by atoms with Crippen molar-refractivity contribution in [1.29, 1.82) is 5.26 Å². The smallest absolute Gasteiger partial charge is 0.129 e. The van der Waals surface area contributed by atoms with E-state index in [2.05, 4.69) is 0 Å². The van der Waals surface area contributed by atoms with Crippen molar-refractivity contribution < 1.29 is 14.2 Å². The summed E-state index contributed by atoms with van der Waals surface area (Å²) in [4.78, 5) is 0. The summed E-state index contributed by atoms with van der Waals surface area (Å²) in [6.45, 7) is 3.56. The van der Waals surface area contributed by atoms with Crippen LogP contribution in [0.2, 0.25) is 0 Å². The lowest BCUT2D eigenvalue weighted by molar-refractivity contribution is 0.190. The number of hydrogen-bond donors (Lipinski definition) is 1. The average Bonchev–Trinajstić information content (AvgIpc) is 2.46. The van der Waals surface area contributed by atoms with Crippen molar-refractivity contribution >= 4 is 0 Å². The van der Waals surface area contributed by atoms with Crippen LogP contribution in [0, 0.1) is 24.1 Å². The van der Waals surface area contributed by atoms with Crippen molar-refractivity contribution in [3.63, 3.8) is 0 Å². The first-order valence-corrected chi connectivity index (χ1v) is 6.61. The highest BCUT2D eigenvalue weighted by atomic mass is 19.1. The minimum Gasteiger partial charge on any atom is -0.488 e. The van der Waals surface area contributed by atoms with E-state index in [-0.39, 0.29) is 6.61 Å². The van der Waals surface area contributed by atoms with Gasteiger partial charge in [-0.3, -0.25) is 0 Å². The van der Waals surface area contributed by atoms with E-state index in [0.29, 0.717) is 22.4 Å². The number of aryl methyl sites for hydroxylation is 1. The van der Waals surface area contributed by atoms with Gasteiger partial charge in [0.05, 0.1) is 17.7 Å². The maximum atomic E-state index is 13.7. The topological polar surface area (TPSA) is 53.2 Å². The van der Waals surface area contributed by atoms with Crippen LogP contribution in [0.1, 0.15) is 35.3 Å². The molecule has 0 amide bonds. The Morgan fingerprint density at radius 3 is 2.71 bits per heavy atom. The summed E-state index contributed by atoms with van der Waals surface area (Å²) in [5.41, 5.74) is 2.33. The van der Waals surface area contributed by atoms with E-state index in [9.17, 15) is 9.50 Å². The highest BCUT2D eigenvalue weighted by Crippen LogP contribution is 2.27. The third-order valence-corrected chi connectivity index (χ3v) is 3.18. The third-order valence-electron chi connectivity index (χ3n) is 3.18. The highest BCUT2D eigenvalue weighted by Gasteiger charge is 2.11. The van der Waals surface area contributed by atoms with Gasteiger partial charge >= 0.3 is 0 Å². The van der Waals surface area contributed by atoms with Gasteiger partial charge in [-0.05, 0) is 43.7 Å². The van der Waals surface area contributed by atoms with E-state index < -0.39 is 11.9 Å². The molecule has 0 unspecified atom stereocenters. The number of halogens is 1. The second-order valence-corrected chi connectivity index (χ2v) is 4.92. The quantitative estimate of drug-likeness (QED) is 0.933. The van der Waals surface area contributed by atoms with Crippen molar-refractivity contribution in [1.82, 2.24) is 0 Å². The molecule has 0 aliphatic heterocycles. The number of nitriles is 1. The highest BCUT2D eigenvalue weighted by molar-refractivity contribution is 5.39. The molecule has 0 radical (unpaired) electrons. The van der Waals surface area contributed by atoms with Gasteiger partial charge in [0.25, 0.3) is 0 Å². The Kier molecular flexibility index (Phi) is 4.56. The molecule has 0 saturated heterocycles. The summed E-state index contributed by atoms with van der Waals surface area (Å²) in [5.74, 6) is 0.104. The van der Waals surface area contributed by atoms with Crippen molar-refractivity contribution in [2.75, 3.05) is 0 Å². The van der Waals surface area contributed by atoms with Gasteiger partial charge in [-0.25, -0.2) is 4.39 Å². The van der Waals surface area contributed by atoms with Gasteiger partial charge in [0, 0.05) is 11.1 Å². The molecule has 3 nitrogen and oxygen atoms in total. The van der Waals surface area contributed by atoms with Crippen LogP contribution >= 0.6 is 0 Å². The van der Waals surface area contributed by atoms with Crippen LogP contribution < -0.4 is 4.74 Å². The molecule has 0 bridgehead atoms. The molecule has 2 aromatic rings. The summed E-state index contributed by atoms with van der Waals surface area (Å²) < 4.78 is 19.3. The lowest BCUT2D eigenvalue weighted by Crippen LogP contribution is -2.03. The minimum atomic E-state index is -0.670. The molecule has 2 rings (SSSR count). The Morgan fingerprint density at radius 2 is 2.05 bits per heavy atom.